The molecule has 2 rings (SSSR count). The van der Waals surface area contributed by atoms with Gasteiger partial charge in [0.25, 0.3) is 10.0 Å². The molecule has 0 spiro atoms. The van der Waals surface area contributed by atoms with Crippen molar-refractivity contribution in [3.05, 3.63) is 11.6 Å². The molecule has 112 valence electrons. The second-order valence-corrected chi connectivity index (χ2v) is 7.44. The summed E-state index contributed by atoms with van der Waals surface area (Å²) in [4.78, 5) is 4.62. The van der Waals surface area contributed by atoms with Crippen molar-refractivity contribution < 1.29 is 13.2 Å². The first kappa shape index (κ1) is 15.2. The predicted molar refractivity (Wildman–Crippen MR) is 78.4 cm³/mol. The SMILES string of the molecule is CC(C)OCCN(C)S(=O)(=O)c1c(N)nc2sccn12. The highest BCUT2D eigenvalue weighted by molar-refractivity contribution is 7.89. The van der Waals surface area contributed by atoms with E-state index < -0.39 is 10.0 Å². The minimum atomic E-state index is -3.69. The van der Waals surface area contributed by atoms with Gasteiger partial charge in [0, 0.05) is 25.2 Å². The lowest BCUT2D eigenvalue weighted by Crippen LogP contribution is -2.32. The molecule has 20 heavy (non-hydrogen) atoms. The van der Waals surface area contributed by atoms with E-state index in [-0.39, 0.29) is 23.5 Å². The zero-order chi connectivity index (χ0) is 14.9. The molecule has 0 atom stereocenters. The third kappa shape index (κ3) is 2.80. The molecule has 0 aliphatic heterocycles. The van der Waals surface area contributed by atoms with Gasteiger partial charge >= 0.3 is 0 Å². The lowest BCUT2D eigenvalue weighted by atomic mass is 10.5. The Morgan fingerprint density at radius 1 is 1.55 bits per heavy atom. The van der Waals surface area contributed by atoms with E-state index in [9.17, 15) is 8.42 Å². The summed E-state index contributed by atoms with van der Waals surface area (Å²) >= 11 is 1.34. The maximum atomic E-state index is 12.5. The van der Waals surface area contributed by atoms with Gasteiger partial charge in [-0.25, -0.2) is 13.4 Å². The molecule has 9 heteroatoms. The molecular weight excluding hydrogens is 300 g/mol. The van der Waals surface area contributed by atoms with Crippen LogP contribution in [0, 0.1) is 0 Å². The zero-order valence-corrected chi connectivity index (χ0v) is 13.2. The van der Waals surface area contributed by atoms with Crippen molar-refractivity contribution in [3.8, 4) is 0 Å². The average Bonchev–Trinajstić information content (AvgIpc) is 2.87. The number of nitrogens with two attached hydrogens (primary N) is 1. The number of rotatable bonds is 6. The van der Waals surface area contributed by atoms with Crippen LogP contribution in [-0.2, 0) is 14.8 Å². The highest BCUT2D eigenvalue weighted by atomic mass is 32.2. The molecule has 0 aromatic carbocycles. The van der Waals surface area contributed by atoms with Gasteiger partial charge in [0.1, 0.15) is 0 Å². The Balaban J connectivity index is 2.25. The van der Waals surface area contributed by atoms with Crippen LogP contribution in [0.4, 0.5) is 5.82 Å². The van der Waals surface area contributed by atoms with Crippen LogP contribution in [0.3, 0.4) is 0 Å². The molecule has 2 N–H and O–H groups in total. The summed E-state index contributed by atoms with van der Waals surface area (Å²) in [6, 6.07) is 0. The van der Waals surface area contributed by atoms with Gasteiger partial charge in [0.05, 0.1) is 12.7 Å². The van der Waals surface area contributed by atoms with Crippen molar-refractivity contribution in [2.75, 3.05) is 25.9 Å². The number of nitrogens with zero attached hydrogens (tertiary/aromatic N) is 3. The minimum Gasteiger partial charge on any atom is -0.381 e. The number of thiazole rings is 1. The van der Waals surface area contributed by atoms with E-state index in [1.54, 1.807) is 11.6 Å². The second kappa shape index (κ2) is 5.68. The molecule has 0 aliphatic carbocycles. The Kier molecular flexibility index (Phi) is 4.33. The molecule has 0 aliphatic rings. The molecule has 2 aromatic rings. The van der Waals surface area contributed by atoms with E-state index in [1.165, 1.54) is 27.1 Å². The van der Waals surface area contributed by atoms with Crippen molar-refractivity contribution in [1.82, 2.24) is 13.7 Å². The van der Waals surface area contributed by atoms with Gasteiger partial charge < -0.3 is 10.5 Å². The van der Waals surface area contributed by atoms with Gasteiger partial charge in [-0.1, -0.05) is 0 Å². The number of anilines is 1. The molecule has 0 radical (unpaired) electrons. The monoisotopic (exact) mass is 318 g/mol. The van der Waals surface area contributed by atoms with Crippen LogP contribution in [0.1, 0.15) is 13.8 Å². The van der Waals surface area contributed by atoms with Gasteiger partial charge in [-0.15, -0.1) is 11.3 Å². The fourth-order valence-corrected chi connectivity index (χ4v) is 3.82. The number of aromatic nitrogens is 2. The predicted octanol–water partition coefficient (Wildman–Crippen LogP) is 1.02. The molecule has 2 aromatic heterocycles. The highest BCUT2D eigenvalue weighted by Crippen LogP contribution is 2.25. The molecular formula is C11H18N4O3S2. The van der Waals surface area contributed by atoms with Crippen molar-refractivity contribution >= 4 is 32.1 Å². The van der Waals surface area contributed by atoms with Crippen LogP contribution in [-0.4, -0.2) is 48.4 Å². The summed E-state index contributed by atoms with van der Waals surface area (Å²) in [5.41, 5.74) is 5.74. The van der Waals surface area contributed by atoms with E-state index in [4.69, 9.17) is 10.5 Å². The molecule has 0 unspecified atom stereocenters. The first-order valence-corrected chi connectivity index (χ1v) is 8.45. The summed E-state index contributed by atoms with van der Waals surface area (Å²) in [7, 11) is -2.18. The quantitative estimate of drug-likeness (QED) is 0.859. The number of fused-ring (bicyclic) bond motifs is 1. The number of likely N-dealkylation sites (N-methyl/N-ethyl adjacent to an activating group) is 1. The van der Waals surface area contributed by atoms with Crippen LogP contribution in [0.5, 0.6) is 0 Å². The Labute approximate surface area is 122 Å². The molecule has 0 fully saturated rings. The normalized spacial score (nSPS) is 12.8. The van der Waals surface area contributed by atoms with E-state index in [0.29, 0.717) is 11.6 Å². The lowest BCUT2D eigenvalue weighted by Gasteiger charge is -2.17. The molecule has 0 bridgehead atoms. The summed E-state index contributed by atoms with van der Waals surface area (Å²) in [5, 5.41) is 1.78. The fraction of sp³-hybridized carbons (Fsp3) is 0.545. The summed E-state index contributed by atoms with van der Waals surface area (Å²) in [6.45, 7) is 4.40. The highest BCUT2D eigenvalue weighted by Gasteiger charge is 2.28. The molecule has 7 nitrogen and oxygen atoms in total. The smallest absolute Gasteiger partial charge is 0.262 e. The van der Waals surface area contributed by atoms with E-state index in [1.807, 2.05) is 13.8 Å². The van der Waals surface area contributed by atoms with Crippen LogP contribution in [0.2, 0.25) is 0 Å². The van der Waals surface area contributed by atoms with Crippen molar-refractivity contribution in [2.45, 2.75) is 25.0 Å². The third-order valence-corrected chi connectivity index (χ3v) is 5.41. The Bertz CT molecular complexity index is 690. The summed E-state index contributed by atoms with van der Waals surface area (Å²) in [5.74, 6) is 0.0217. The maximum absolute atomic E-state index is 12.5. The molecule has 0 amide bonds. The van der Waals surface area contributed by atoms with Crippen LogP contribution in [0.25, 0.3) is 4.96 Å². The first-order valence-electron chi connectivity index (χ1n) is 6.13. The number of ether oxygens (including phenoxy) is 1. The first-order chi connectivity index (χ1) is 9.34. The van der Waals surface area contributed by atoms with E-state index in [0.717, 1.165) is 0 Å². The number of hydrogen-bond donors (Lipinski definition) is 1. The zero-order valence-electron chi connectivity index (χ0n) is 11.6. The van der Waals surface area contributed by atoms with Gasteiger partial charge in [-0.2, -0.15) is 4.31 Å². The number of nitrogen functional groups attached to an aromatic ring is 1. The number of imidazole rings is 1. The van der Waals surface area contributed by atoms with E-state index in [2.05, 4.69) is 4.98 Å². The Morgan fingerprint density at radius 3 is 2.90 bits per heavy atom. The van der Waals surface area contributed by atoms with Crippen molar-refractivity contribution in [1.29, 1.82) is 0 Å². The van der Waals surface area contributed by atoms with Gasteiger partial charge in [-0.05, 0) is 13.8 Å². The molecule has 2 heterocycles. The van der Waals surface area contributed by atoms with Crippen molar-refractivity contribution in [3.63, 3.8) is 0 Å². The largest absolute Gasteiger partial charge is 0.381 e. The number of sulfonamides is 1. The van der Waals surface area contributed by atoms with Crippen LogP contribution < -0.4 is 5.73 Å². The lowest BCUT2D eigenvalue weighted by molar-refractivity contribution is 0.0737. The van der Waals surface area contributed by atoms with Crippen LogP contribution >= 0.6 is 11.3 Å². The molecule has 0 saturated heterocycles. The Hall–Kier alpha value is -1.16. The maximum Gasteiger partial charge on any atom is 0.262 e. The van der Waals surface area contributed by atoms with Crippen LogP contribution in [0.15, 0.2) is 16.6 Å². The Morgan fingerprint density at radius 2 is 2.25 bits per heavy atom. The topological polar surface area (TPSA) is 89.9 Å². The van der Waals surface area contributed by atoms with Crippen molar-refractivity contribution in [2.24, 2.45) is 0 Å². The van der Waals surface area contributed by atoms with Gasteiger partial charge in [-0.3, -0.25) is 4.40 Å². The summed E-state index contributed by atoms with van der Waals surface area (Å²) < 4.78 is 33.2. The summed E-state index contributed by atoms with van der Waals surface area (Å²) in [6.07, 6.45) is 1.71. The minimum absolute atomic E-state index is 0.0146. The standard InChI is InChI=1S/C11H18N4O3S2/c1-8(2)18-6-4-14(3)20(16,17)10-9(12)13-11-15(10)5-7-19-11/h5,7-8H,4,6,12H2,1-3H3. The molecule has 0 saturated carbocycles. The van der Waals surface area contributed by atoms with Gasteiger partial charge in [0.15, 0.2) is 15.8 Å². The van der Waals surface area contributed by atoms with Gasteiger partial charge in [0.2, 0.25) is 0 Å². The number of hydrogen-bond acceptors (Lipinski definition) is 6. The third-order valence-electron chi connectivity index (χ3n) is 2.76. The fourth-order valence-electron chi connectivity index (χ4n) is 1.72. The van der Waals surface area contributed by atoms with E-state index >= 15 is 0 Å². The second-order valence-electron chi connectivity index (χ2n) is 4.60. The average molecular weight is 318 g/mol.